The fourth-order valence-corrected chi connectivity index (χ4v) is 3.63. The second-order valence-corrected chi connectivity index (χ2v) is 6.15. The van der Waals surface area contributed by atoms with Gasteiger partial charge in [-0.05, 0) is 23.8 Å². The zero-order chi connectivity index (χ0) is 16.2. The minimum atomic E-state index is -1.12. The Morgan fingerprint density at radius 3 is 2.52 bits per heavy atom. The normalized spacial score (nSPS) is 28.0. The van der Waals surface area contributed by atoms with Crippen LogP contribution in [0.25, 0.3) is 0 Å². The standard InChI is InChI=1S/C18H21NO4/c20-17(15-13-6-7-14(10-13)16(15)18(21)22)19-8-9-23-11-12-4-2-1-3-5-12/h1-7,13-16H,8-11H2,(H,19,20)(H,21,22)/p-1/t13-,14+,15-,16+/m1/s1. The Hall–Kier alpha value is -2.14. The van der Waals surface area contributed by atoms with E-state index in [1.165, 1.54) is 0 Å². The van der Waals surface area contributed by atoms with E-state index in [1.807, 2.05) is 42.5 Å². The van der Waals surface area contributed by atoms with Gasteiger partial charge in [0.15, 0.2) is 0 Å². The number of hydrogen-bond donors (Lipinski definition) is 1. The van der Waals surface area contributed by atoms with Crippen molar-refractivity contribution in [2.75, 3.05) is 13.2 Å². The predicted octanol–water partition coefficient (Wildman–Crippen LogP) is 0.508. The summed E-state index contributed by atoms with van der Waals surface area (Å²) >= 11 is 0. The molecule has 0 aliphatic heterocycles. The van der Waals surface area contributed by atoms with Crippen LogP contribution in [0.2, 0.25) is 0 Å². The zero-order valence-electron chi connectivity index (χ0n) is 12.8. The van der Waals surface area contributed by atoms with Gasteiger partial charge in [-0.3, -0.25) is 4.79 Å². The van der Waals surface area contributed by atoms with Gasteiger partial charge in [0.1, 0.15) is 0 Å². The van der Waals surface area contributed by atoms with E-state index in [1.54, 1.807) is 0 Å². The fraction of sp³-hybridized carbons (Fsp3) is 0.444. The van der Waals surface area contributed by atoms with Crippen molar-refractivity contribution >= 4 is 11.9 Å². The third-order valence-corrected chi connectivity index (χ3v) is 4.69. The first-order valence-corrected chi connectivity index (χ1v) is 7.95. The Kier molecular flexibility index (Phi) is 4.76. The molecule has 122 valence electrons. The van der Waals surface area contributed by atoms with E-state index >= 15 is 0 Å². The second kappa shape index (κ2) is 6.96. The number of hydrogen-bond acceptors (Lipinski definition) is 4. The number of benzene rings is 1. The van der Waals surface area contributed by atoms with Crippen LogP contribution >= 0.6 is 0 Å². The summed E-state index contributed by atoms with van der Waals surface area (Å²) < 4.78 is 5.51. The van der Waals surface area contributed by atoms with Crippen LogP contribution in [0.4, 0.5) is 0 Å². The monoisotopic (exact) mass is 314 g/mol. The lowest BCUT2D eigenvalue weighted by atomic mass is 9.82. The Bertz CT molecular complexity index is 598. The van der Waals surface area contributed by atoms with Crippen LogP contribution in [0.3, 0.4) is 0 Å². The minimum Gasteiger partial charge on any atom is -0.550 e. The van der Waals surface area contributed by atoms with E-state index in [0.29, 0.717) is 19.8 Å². The molecule has 5 nitrogen and oxygen atoms in total. The molecule has 1 fully saturated rings. The highest BCUT2D eigenvalue weighted by Gasteiger charge is 2.48. The van der Waals surface area contributed by atoms with Crippen LogP contribution in [0.1, 0.15) is 12.0 Å². The van der Waals surface area contributed by atoms with Crippen molar-refractivity contribution in [3.8, 4) is 0 Å². The Balaban J connectivity index is 1.43. The van der Waals surface area contributed by atoms with Gasteiger partial charge in [0, 0.05) is 18.4 Å². The van der Waals surface area contributed by atoms with Gasteiger partial charge in [0.25, 0.3) is 0 Å². The summed E-state index contributed by atoms with van der Waals surface area (Å²) in [5.74, 6) is -2.58. The van der Waals surface area contributed by atoms with E-state index in [2.05, 4.69) is 5.32 Å². The summed E-state index contributed by atoms with van der Waals surface area (Å²) in [6.45, 7) is 1.27. The molecular formula is C18H20NO4-. The number of nitrogens with one attached hydrogen (secondary N) is 1. The summed E-state index contributed by atoms with van der Waals surface area (Å²) in [5, 5.41) is 14.1. The molecule has 4 atom stereocenters. The van der Waals surface area contributed by atoms with Crippen molar-refractivity contribution in [1.29, 1.82) is 0 Å². The number of carboxylic acid groups (broad SMARTS) is 1. The molecule has 2 aliphatic carbocycles. The summed E-state index contributed by atoms with van der Waals surface area (Å²) in [5.41, 5.74) is 1.08. The van der Waals surface area contributed by atoms with Gasteiger partial charge in [0.05, 0.1) is 19.1 Å². The van der Waals surface area contributed by atoms with Crippen molar-refractivity contribution in [2.45, 2.75) is 13.0 Å². The molecule has 1 saturated carbocycles. The number of carboxylic acids is 1. The highest BCUT2D eigenvalue weighted by Crippen LogP contribution is 2.47. The van der Waals surface area contributed by atoms with Gasteiger partial charge in [-0.15, -0.1) is 0 Å². The molecule has 1 aromatic carbocycles. The number of ether oxygens (including phenoxy) is 1. The number of aliphatic carboxylic acids is 1. The molecule has 3 rings (SSSR count). The summed E-state index contributed by atoms with van der Waals surface area (Å²) in [4.78, 5) is 23.6. The number of fused-ring (bicyclic) bond motifs is 2. The van der Waals surface area contributed by atoms with Gasteiger partial charge in [-0.1, -0.05) is 42.5 Å². The molecule has 1 N–H and O–H groups in total. The van der Waals surface area contributed by atoms with Crippen LogP contribution in [0, 0.1) is 23.7 Å². The molecule has 23 heavy (non-hydrogen) atoms. The molecule has 0 heterocycles. The number of allylic oxidation sites excluding steroid dienone is 2. The SMILES string of the molecule is O=C([O-])[C@@H]1[C@H](C(=O)NCCOCc2ccccc2)[C@@H]2C=C[C@H]1C2. The molecule has 1 amide bonds. The summed E-state index contributed by atoms with van der Waals surface area (Å²) in [7, 11) is 0. The third kappa shape index (κ3) is 3.45. The molecule has 2 bridgehead atoms. The smallest absolute Gasteiger partial charge is 0.224 e. The molecule has 1 aromatic rings. The Morgan fingerprint density at radius 2 is 1.83 bits per heavy atom. The molecule has 0 radical (unpaired) electrons. The number of carbonyl (C=O) groups excluding carboxylic acids is 2. The number of amides is 1. The van der Waals surface area contributed by atoms with Crippen molar-refractivity contribution in [1.82, 2.24) is 5.32 Å². The van der Waals surface area contributed by atoms with Crippen LogP contribution in [0.15, 0.2) is 42.5 Å². The van der Waals surface area contributed by atoms with Crippen LogP contribution in [0.5, 0.6) is 0 Å². The van der Waals surface area contributed by atoms with E-state index in [-0.39, 0.29) is 17.7 Å². The first-order chi connectivity index (χ1) is 11.2. The van der Waals surface area contributed by atoms with Crippen molar-refractivity contribution in [3.63, 3.8) is 0 Å². The predicted molar refractivity (Wildman–Crippen MR) is 81.8 cm³/mol. The van der Waals surface area contributed by atoms with Gasteiger partial charge < -0.3 is 20.0 Å². The largest absolute Gasteiger partial charge is 0.550 e. The lowest BCUT2D eigenvalue weighted by Crippen LogP contribution is -2.45. The van der Waals surface area contributed by atoms with Gasteiger partial charge in [0.2, 0.25) is 5.91 Å². The molecule has 5 heteroatoms. The van der Waals surface area contributed by atoms with E-state index in [0.717, 1.165) is 12.0 Å². The highest BCUT2D eigenvalue weighted by molar-refractivity contribution is 5.86. The maximum Gasteiger partial charge on any atom is 0.224 e. The van der Waals surface area contributed by atoms with Crippen LogP contribution in [-0.2, 0) is 20.9 Å². The topological polar surface area (TPSA) is 78.5 Å². The molecule has 0 unspecified atom stereocenters. The van der Waals surface area contributed by atoms with E-state index in [9.17, 15) is 14.7 Å². The van der Waals surface area contributed by atoms with Gasteiger partial charge >= 0.3 is 0 Å². The number of carbonyl (C=O) groups is 2. The average Bonchev–Trinajstić information content (AvgIpc) is 3.16. The molecule has 0 saturated heterocycles. The summed E-state index contributed by atoms with van der Waals surface area (Å²) in [6, 6.07) is 9.79. The first kappa shape index (κ1) is 15.7. The average molecular weight is 314 g/mol. The quantitative estimate of drug-likeness (QED) is 0.587. The van der Waals surface area contributed by atoms with Crippen LogP contribution in [-0.4, -0.2) is 25.0 Å². The maximum absolute atomic E-state index is 12.3. The minimum absolute atomic E-state index is 0.0214. The first-order valence-electron chi connectivity index (χ1n) is 7.95. The Labute approximate surface area is 135 Å². The fourth-order valence-electron chi connectivity index (χ4n) is 3.63. The zero-order valence-corrected chi connectivity index (χ0v) is 12.8. The third-order valence-electron chi connectivity index (χ3n) is 4.69. The van der Waals surface area contributed by atoms with E-state index in [4.69, 9.17) is 4.74 Å². The molecule has 0 spiro atoms. The highest BCUT2D eigenvalue weighted by atomic mass is 16.5. The van der Waals surface area contributed by atoms with Gasteiger partial charge in [-0.25, -0.2) is 0 Å². The van der Waals surface area contributed by atoms with Crippen molar-refractivity contribution < 1.29 is 19.4 Å². The lowest BCUT2D eigenvalue weighted by molar-refractivity contribution is -0.313. The van der Waals surface area contributed by atoms with Crippen molar-refractivity contribution in [3.05, 3.63) is 48.0 Å². The lowest BCUT2D eigenvalue weighted by Gasteiger charge is -2.27. The Morgan fingerprint density at radius 1 is 1.13 bits per heavy atom. The molecular weight excluding hydrogens is 294 g/mol. The van der Waals surface area contributed by atoms with Crippen LogP contribution < -0.4 is 10.4 Å². The van der Waals surface area contributed by atoms with Crippen molar-refractivity contribution in [2.24, 2.45) is 23.7 Å². The molecule has 2 aliphatic rings. The maximum atomic E-state index is 12.3. The van der Waals surface area contributed by atoms with E-state index < -0.39 is 17.8 Å². The number of rotatable bonds is 7. The summed E-state index contributed by atoms with van der Waals surface area (Å²) in [6.07, 6.45) is 4.60. The van der Waals surface area contributed by atoms with Gasteiger partial charge in [-0.2, -0.15) is 0 Å². The molecule has 0 aromatic heterocycles. The second-order valence-electron chi connectivity index (χ2n) is 6.15.